The van der Waals surface area contributed by atoms with Gasteiger partial charge >= 0.3 is 0 Å². The molecule has 0 aromatic heterocycles. The lowest BCUT2D eigenvalue weighted by Crippen LogP contribution is -2.48. The van der Waals surface area contributed by atoms with Gasteiger partial charge in [-0.3, -0.25) is 9.69 Å². The van der Waals surface area contributed by atoms with Crippen molar-refractivity contribution < 1.29 is 4.79 Å². The van der Waals surface area contributed by atoms with Crippen LogP contribution >= 0.6 is 0 Å². The molecule has 0 aromatic rings. The third kappa shape index (κ3) is 3.69. The van der Waals surface area contributed by atoms with E-state index in [0.29, 0.717) is 18.4 Å². The van der Waals surface area contributed by atoms with E-state index < -0.39 is 0 Å². The number of likely N-dealkylation sites (tertiary alicyclic amines) is 2. The molecule has 0 aliphatic carbocycles. The monoisotopic (exact) mass is 253 g/mol. The molecule has 4 nitrogen and oxygen atoms in total. The third-order valence-electron chi connectivity index (χ3n) is 4.35. The van der Waals surface area contributed by atoms with Crippen LogP contribution in [-0.2, 0) is 4.79 Å². The summed E-state index contributed by atoms with van der Waals surface area (Å²) < 4.78 is 0. The fourth-order valence-corrected chi connectivity index (χ4v) is 3.10. The van der Waals surface area contributed by atoms with Gasteiger partial charge in [-0.2, -0.15) is 0 Å². The normalized spacial score (nSPS) is 28.1. The molecule has 2 atom stereocenters. The fraction of sp³-hybridized carbons (Fsp3) is 0.929. The highest BCUT2D eigenvalue weighted by molar-refractivity contribution is 5.78. The zero-order chi connectivity index (χ0) is 13.0. The number of carbonyl (C=O) groups is 1. The van der Waals surface area contributed by atoms with Crippen LogP contribution in [0.2, 0.25) is 0 Å². The predicted molar refractivity (Wildman–Crippen MR) is 73.2 cm³/mol. The summed E-state index contributed by atoms with van der Waals surface area (Å²) in [5, 5.41) is 0. The lowest BCUT2D eigenvalue weighted by Gasteiger charge is -2.36. The molecule has 2 unspecified atom stereocenters. The first-order valence-corrected chi connectivity index (χ1v) is 7.42. The van der Waals surface area contributed by atoms with Crippen molar-refractivity contribution in [2.45, 2.75) is 45.1 Å². The minimum absolute atomic E-state index is 0.248. The van der Waals surface area contributed by atoms with E-state index in [4.69, 9.17) is 5.73 Å². The summed E-state index contributed by atoms with van der Waals surface area (Å²) in [7, 11) is 0. The summed E-state index contributed by atoms with van der Waals surface area (Å²) in [6.07, 6.45) is 6.02. The van der Waals surface area contributed by atoms with E-state index >= 15 is 0 Å². The summed E-state index contributed by atoms with van der Waals surface area (Å²) in [5.74, 6) is 0.882. The molecule has 2 heterocycles. The van der Waals surface area contributed by atoms with Crippen LogP contribution in [0.15, 0.2) is 0 Å². The molecule has 0 spiro atoms. The number of hydrogen-bond donors (Lipinski definition) is 1. The Hall–Kier alpha value is -0.610. The lowest BCUT2D eigenvalue weighted by molar-refractivity contribution is -0.133. The molecule has 4 heteroatoms. The number of piperidine rings is 2. The molecule has 0 bridgehead atoms. The minimum Gasteiger partial charge on any atom is -0.342 e. The number of nitrogens with zero attached hydrogens (tertiary/aromatic N) is 2. The van der Waals surface area contributed by atoms with Gasteiger partial charge in [0.15, 0.2) is 0 Å². The molecular weight excluding hydrogens is 226 g/mol. The smallest absolute Gasteiger partial charge is 0.236 e. The van der Waals surface area contributed by atoms with E-state index in [1.165, 1.54) is 32.1 Å². The van der Waals surface area contributed by atoms with Crippen LogP contribution in [0, 0.1) is 5.92 Å². The summed E-state index contributed by atoms with van der Waals surface area (Å²) in [6, 6.07) is 0.248. The number of rotatable bonds is 3. The Morgan fingerprint density at radius 1 is 1.22 bits per heavy atom. The van der Waals surface area contributed by atoms with Crippen molar-refractivity contribution in [3.05, 3.63) is 0 Å². The quantitative estimate of drug-likeness (QED) is 0.818. The van der Waals surface area contributed by atoms with Gasteiger partial charge in [0.05, 0.1) is 6.54 Å². The second-order valence-corrected chi connectivity index (χ2v) is 5.94. The Kier molecular flexibility index (Phi) is 5.01. The van der Waals surface area contributed by atoms with Gasteiger partial charge in [-0.25, -0.2) is 0 Å². The van der Waals surface area contributed by atoms with Gasteiger partial charge in [0, 0.05) is 25.7 Å². The Bertz CT molecular complexity index is 274. The Labute approximate surface area is 110 Å². The summed E-state index contributed by atoms with van der Waals surface area (Å²) in [4.78, 5) is 16.5. The Balaban J connectivity index is 1.79. The van der Waals surface area contributed by atoms with Gasteiger partial charge in [0.1, 0.15) is 0 Å². The maximum atomic E-state index is 12.2. The molecule has 2 fully saturated rings. The molecule has 1 amide bonds. The topological polar surface area (TPSA) is 49.6 Å². The molecule has 2 saturated heterocycles. The minimum atomic E-state index is 0.248. The standard InChI is InChI=1S/C14H27N3O/c1-12(15)13-6-5-7-16(10-13)11-14(18)17-8-3-2-4-9-17/h12-13H,2-11,15H2,1H3. The molecular formula is C14H27N3O. The third-order valence-corrected chi connectivity index (χ3v) is 4.35. The van der Waals surface area contributed by atoms with Gasteiger partial charge in [-0.1, -0.05) is 0 Å². The van der Waals surface area contributed by atoms with Crippen LogP contribution in [0.4, 0.5) is 0 Å². The highest BCUT2D eigenvalue weighted by Gasteiger charge is 2.25. The second-order valence-electron chi connectivity index (χ2n) is 5.94. The van der Waals surface area contributed by atoms with Crippen molar-refractivity contribution in [1.29, 1.82) is 0 Å². The SMILES string of the molecule is CC(N)C1CCCN(CC(=O)N2CCCCC2)C1. The Morgan fingerprint density at radius 2 is 1.94 bits per heavy atom. The van der Waals surface area contributed by atoms with E-state index in [2.05, 4.69) is 11.8 Å². The number of amides is 1. The first-order chi connectivity index (χ1) is 8.66. The van der Waals surface area contributed by atoms with Crippen LogP contribution in [0.25, 0.3) is 0 Å². The zero-order valence-electron chi connectivity index (χ0n) is 11.6. The molecule has 0 radical (unpaired) electrons. The molecule has 2 aliphatic rings. The van der Waals surface area contributed by atoms with Crippen LogP contribution in [0.5, 0.6) is 0 Å². The molecule has 0 aromatic carbocycles. The van der Waals surface area contributed by atoms with Crippen molar-refractivity contribution in [3.8, 4) is 0 Å². The van der Waals surface area contributed by atoms with E-state index in [-0.39, 0.29) is 6.04 Å². The maximum Gasteiger partial charge on any atom is 0.236 e. The van der Waals surface area contributed by atoms with Crippen molar-refractivity contribution in [3.63, 3.8) is 0 Å². The van der Waals surface area contributed by atoms with Crippen molar-refractivity contribution in [1.82, 2.24) is 9.80 Å². The van der Waals surface area contributed by atoms with Crippen molar-refractivity contribution in [2.75, 3.05) is 32.7 Å². The first kappa shape index (κ1) is 13.8. The van der Waals surface area contributed by atoms with Gasteiger partial charge in [-0.05, 0) is 51.5 Å². The number of carbonyl (C=O) groups excluding carboxylic acids is 1. The second kappa shape index (κ2) is 6.53. The highest BCUT2D eigenvalue weighted by Crippen LogP contribution is 2.19. The van der Waals surface area contributed by atoms with Crippen molar-refractivity contribution >= 4 is 5.91 Å². The average Bonchev–Trinajstić information content (AvgIpc) is 2.40. The van der Waals surface area contributed by atoms with Crippen LogP contribution in [0.3, 0.4) is 0 Å². The average molecular weight is 253 g/mol. The Morgan fingerprint density at radius 3 is 2.61 bits per heavy atom. The highest BCUT2D eigenvalue weighted by atomic mass is 16.2. The first-order valence-electron chi connectivity index (χ1n) is 7.42. The summed E-state index contributed by atoms with van der Waals surface area (Å²) in [5.41, 5.74) is 5.98. The predicted octanol–water partition coefficient (Wildman–Crippen LogP) is 1.06. The largest absolute Gasteiger partial charge is 0.342 e. The van der Waals surface area contributed by atoms with E-state index in [9.17, 15) is 4.79 Å². The van der Waals surface area contributed by atoms with Crippen LogP contribution in [0.1, 0.15) is 39.0 Å². The van der Waals surface area contributed by atoms with E-state index in [0.717, 1.165) is 26.2 Å². The number of nitrogens with two attached hydrogens (primary N) is 1. The molecule has 104 valence electrons. The van der Waals surface area contributed by atoms with E-state index in [1.807, 2.05) is 4.90 Å². The molecule has 2 rings (SSSR count). The molecule has 2 aliphatic heterocycles. The number of hydrogen-bond acceptors (Lipinski definition) is 3. The molecule has 2 N–H and O–H groups in total. The van der Waals surface area contributed by atoms with Crippen molar-refractivity contribution in [2.24, 2.45) is 11.7 Å². The zero-order valence-corrected chi connectivity index (χ0v) is 11.6. The summed E-state index contributed by atoms with van der Waals surface area (Å²) >= 11 is 0. The van der Waals surface area contributed by atoms with E-state index in [1.54, 1.807) is 0 Å². The van der Waals surface area contributed by atoms with Crippen LogP contribution in [-0.4, -0.2) is 54.5 Å². The van der Waals surface area contributed by atoms with Gasteiger partial charge < -0.3 is 10.6 Å². The van der Waals surface area contributed by atoms with Gasteiger partial charge in [0.2, 0.25) is 5.91 Å². The molecule has 0 saturated carbocycles. The van der Waals surface area contributed by atoms with Gasteiger partial charge in [0.25, 0.3) is 0 Å². The maximum absolute atomic E-state index is 12.2. The van der Waals surface area contributed by atoms with Crippen LogP contribution < -0.4 is 5.73 Å². The van der Waals surface area contributed by atoms with Gasteiger partial charge in [-0.15, -0.1) is 0 Å². The lowest BCUT2D eigenvalue weighted by atomic mass is 9.92. The summed E-state index contributed by atoms with van der Waals surface area (Å²) in [6.45, 7) is 6.66. The molecule has 18 heavy (non-hydrogen) atoms. The fourth-order valence-electron chi connectivity index (χ4n) is 3.10.